The van der Waals surface area contributed by atoms with Gasteiger partial charge in [0.15, 0.2) is 0 Å². The summed E-state index contributed by atoms with van der Waals surface area (Å²) in [5.41, 5.74) is 1.31. The van der Waals surface area contributed by atoms with Gasteiger partial charge in [0.05, 0.1) is 45.7 Å². The molecule has 1 aromatic carbocycles. The van der Waals surface area contributed by atoms with Gasteiger partial charge < -0.3 is 15.2 Å². The lowest BCUT2D eigenvalue weighted by molar-refractivity contribution is 0.0525. The van der Waals surface area contributed by atoms with E-state index in [2.05, 4.69) is 10.3 Å². The zero-order valence-corrected chi connectivity index (χ0v) is 14.2. The number of ether oxygens (including phenoxy) is 1. The fourth-order valence-electron chi connectivity index (χ4n) is 1.90. The normalized spacial score (nSPS) is 10.3. The van der Waals surface area contributed by atoms with Crippen molar-refractivity contribution in [2.45, 2.75) is 13.5 Å². The molecule has 8 heteroatoms. The van der Waals surface area contributed by atoms with E-state index in [1.54, 1.807) is 6.92 Å². The number of nitrogens with zero attached hydrogens (tertiary/aromatic N) is 1. The van der Waals surface area contributed by atoms with Gasteiger partial charge in [0.1, 0.15) is 0 Å². The maximum Gasteiger partial charge on any atom is 0.339 e. The second kappa shape index (κ2) is 7.99. The highest BCUT2D eigenvalue weighted by molar-refractivity contribution is 6.33. The Morgan fingerprint density at radius 2 is 1.96 bits per heavy atom. The minimum Gasteiger partial charge on any atom is -0.478 e. The van der Waals surface area contributed by atoms with E-state index in [0.717, 1.165) is 0 Å². The minimum absolute atomic E-state index is 0.110. The Kier molecular flexibility index (Phi) is 6.00. The van der Waals surface area contributed by atoms with Gasteiger partial charge in [0.25, 0.3) is 0 Å². The minimum atomic E-state index is -1.05. The number of hydrogen-bond acceptors (Lipinski definition) is 5. The van der Waals surface area contributed by atoms with Crippen LogP contribution in [0.3, 0.4) is 0 Å². The Bertz CT molecular complexity index is 781. The highest BCUT2D eigenvalue weighted by Crippen LogP contribution is 2.25. The lowest BCUT2D eigenvalue weighted by Crippen LogP contribution is -2.08. The van der Waals surface area contributed by atoms with Gasteiger partial charge in [0, 0.05) is 6.20 Å². The highest BCUT2D eigenvalue weighted by Gasteiger charge is 2.12. The number of halogens is 2. The summed E-state index contributed by atoms with van der Waals surface area (Å²) in [4.78, 5) is 26.8. The Balaban J connectivity index is 2.14. The molecule has 1 aromatic heterocycles. The molecule has 0 saturated heterocycles. The topological polar surface area (TPSA) is 88.5 Å². The molecule has 2 N–H and O–H groups in total. The first-order valence-electron chi connectivity index (χ1n) is 7.00. The number of pyridine rings is 1. The Hall–Kier alpha value is -2.31. The van der Waals surface area contributed by atoms with E-state index in [9.17, 15) is 9.59 Å². The molecule has 0 unspecified atom stereocenters. The fraction of sp³-hybridized carbons (Fsp3) is 0.188. The SMILES string of the molecule is CCOC(=O)c1cnc(CNc2cc(C(=O)O)ccc2Cl)c(Cl)c1. The summed E-state index contributed by atoms with van der Waals surface area (Å²) >= 11 is 12.2. The zero-order valence-electron chi connectivity index (χ0n) is 12.7. The molecule has 6 nitrogen and oxygen atoms in total. The molecule has 0 aliphatic rings. The smallest absolute Gasteiger partial charge is 0.339 e. The number of benzene rings is 1. The van der Waals surface area contributed by atoms with E-state index in [1.165, 1.54) is 30.5 Å². The lowest BCUT2D eigenvalue weighted by atomic mass is 10.2. The number of esters is 1. The Morgan fingerprint density at radius 1 is 1.21 bits per heavy atom. The number of rotatable bonds is 6. The number of carboxylic acids is 1. The van der Waals surface area contributed by atoms with E-state index in [1.807, 2.05) is 0 Å². The van der Waals surface area contributed by atoms with Gasteiger partial charge in [-0.1, -0.05) is 23.2 Å². The predicted octanol–water partition coefficient (Wildman–Crippen LogP) is 3.88. The third kappa shape index (κ3) is 4.37. The van der Waals surface area contributed by atoms with E-state index in [0.29, 0.717) is 21.4 Å². The van der Waals surface area contributed by atoms with Crippen molar-refractivity contribution in [1.82, 2.24) is 4.98 Å². The lowest BCUT2D eigenvalue weighted by Gasteiger charge is -2.10. The van der Waals surface area contributed by atoms with Crippen LogP contribution in [0, 0.1) is 0 Å². The van der Waals surface area contributed by atoms with E-state index in [4.69, 9.17) is 33.0 Å². The highest BCUT2D eigenvalue weighted by atomic mass is 35.5. The van der Waals surface area contributed by atoms with Crippen LogP contribution in [0.5, 0.6) is 0 Å². The van der Waals surface area contributed by atoms with Crippen LogP contribution in [-0.2, 0) is 11.3 Å². The van der Waals surface area contributed by atoms with Crippen LogP contribution in [0.15, 0.2) is 30.5 Å². The van der Waals surface area contributed by atoms with Crippen LogP contribution in [0.1, 0.15) is 33.3 Å². The van der Waals surface area contributed by atoms with Crippen molar-refractivity contribution in [3.05, 3.63) is 57.3 Å². The molecule has 126 valence electrons. The fourth-order valence-corrected chi connectivity index (χ4v) is 2.31. The molecule has 0 saturated carbocycles. The average molecular weight is 369 g/mol. The summed E-state index contributed by atoms with van der Waals surface area (Å²) in [6.45, 7) is 2.18. The Morgan fingerprint density at radius 3 is 2.58 bits per heavy atom. The second-order valence-electron chi connectivity index (χ2n) is 4.73. The van der Waals surface area contributed by atoms with E-state index in [-0.39, 0.29) is 24.3 Å². The quantitative estimate of drug-likeness (QED) is 0.752. The standard InChI is InChI=1S/C16H14Cl2N2O4/c1-2-24-16(23)10-5-12(18)14(19-7-10)8-20-13-6-9(15(21)22)3-4-11(13)17/h3-7,20H,2,8H2,1H3,(H,21,22). The number of carboxylic acid groups (broad SMARTS) is 1. The van der Waals surface area contributed by atoms with Crippen LogP contribution in [0.2, 0.25) is 10.0 Å². The molecule has 0 spiro atoms. The first kappa shape index (κ1) is 18.0. The van der Waals surface area contributed by atoms with Crippen LogP contribution < -0.4 is 5.32 Å². The monoisotopic (exact) mass is 368 g/mol. The Labute approximate surface area is 148 Å². The second-order valence-corrected chi connectivity index (χ2v) is 5.54. The van der Waals surface area contributed by atoms with Gasteiger partial charge in [-0.2, -0.15) is 0 Å². The molecule has 0 aliphatic carbocycles. The maximum atomic E-state index is 11.6. The van der Waals surface area contributed by atoms with Crippen molar-refractivity contribution in [2.24, 2.45) is 0 Å². The number of aromatic nitrogens is 1. The zero-order chi connectivity index (χ0) is 17.7. The van der Waals surface area contributed by atoms with Gasteiger partial charge in [-0.15, -0.1) is 0 Å². The number of nitrogens with one attached hydrogen (secondary N) is 1. The van der Waals surface area contributed by atoms with Gasteiger partial charge in [0.2, 0.25) is 0 Å². The molecular weight excluding hydrogens is 355 g/mol. The van der Waals surface area contributed by atoms with Crippen molar-refractivity contribution in [3.8, 4) is 0 Å². The summed E-state index contributed by atoms with van der Waals surface area (Å²) in [6.07, 6.45) is 1.37. The maximum absolute atomic E-state index is 11.6. The molecule has 0 aliphatic heterocycles. The van der Waals surface area contributed by atoms with Crippen molar-refractivity contribution in [1.29, 1.82) is 0 Å². The molecular formula is C16H14Cl2N2O4. The van der Waals surface area contributed by atoms with Crippen molar-refractivity contribution < 1.29 is 19.4 Å². The van der Waals surface area contributed by atoms with E-state index < -0.39 is 11.9 Å². The molecule has 0 amide bonds. The first-order valence-corrected chi connectivity index (χ1v) is 7.76. The molecule has 0 fully saturated rings. The summed E-state index contributed by atoms with van der Waals surface area (Å²) < 4.78 is 4.88. The predicted molar refractivity (Wildman–Crippen MR) is 90.9 cm³/mol. The van der Waals surface area contributed by atoms with Crippen LogP contribution in [0.25, 0.3) is 0 Å². The molecule has 0 atom stereocenters. The number of carbonyl (C=O) groups excluding carboxylic acids is 1. The van der Waals surface area contributed by atoms with Gasteiger partial charge in [-0.3, -0.25) is 4.98 Å². The number of hydrogen-bond donors (Lipinski definition) is 2. The average Bonchev–Trinajstić information content (AvgIpc) is 2.55. The third-order valence-corrected chi connectivity index (χ3v) is 3.74. The summed E-state index contributed by atoms with van der Waals surface area (Å²) in [5, 5.41) is 12.7. The summed E-state index contributed by atoms with van der Waals surface area (Å²) in [7, 11) is 0. The number of aromatic carboxylic acids is 1. The molecule has 1 heterocycles. The molecule has 0 radical (unpaired) electrons. The molecule has 0 bridgehead atoms. The first-order chi connectivity index (χ1) is 11.4. The van der Waals surface area contributed by atoms with Crippen molar-refractivity contribution in [2.75, 3.05) is 11.9 Å². The number of carbonyl (C=O) groups is 2. The van der Waals surface area contributed by atoms with Gasteiger partial charge in [-0.25, -0.2) is 9.59 Å². The summed E-state index contributed by atoms with van der Waals surface area (Å²) in [6, 6.07) is 5.80. The largest absolute Gasteiger partial charge is 0.478 e. The summed E-state index contributed by atoms with van der Waals surface area (Å²) in [5.74, 6) is -1.55. The van der Waals surface area contributed by atoms with Gasteiger partial charge in [-0.05, 0) is 31.2 Å². The molecule has 2 rings (SSSR count). The number of anilines is 1. The molecule has 24 heavy (non-hydrogen) atoms. The van der Waals surface area contributed by atoms with Crippen molar-refractivity contribution >= 4 is 40.8 Å². The van der Waals surface area contributed by atoms with Gasteiger partial charge >= 0.3 is 11.9 Å². The van der Waals surface area contributed by atoms with Crippen LogP contribution in [0.4, 0.5) is 5.69 Å². The third-order valence-electron chi connectivity index (χ3n) is 3.09. The molecule has 2 aromatic rings. The van der Waals surface area contributed by atoms with Crippen LogP contribution in [-0.4, -0.2) is 28.6 Å². The van der Waals surface area contributed by atoms with E-state index >= 15 is 0 Å². The van der Waals surface area contributed by atoms with Crippen LogP contribution >= 0.6 is 23.2 Å². The van der Waals surface area contributed by atoms with Crippen molar-refractivity contribution in [3.63, 3.8) is 0 Å².